The maximum atomic E-state index is 10.6. The van der Waals surface area contributed by atoms with Crippen LogP contribution >= 0.6 is 0 Å². The van der Waals surface area contributed by atoms with Gasteiger partial charge in [0, 0.05) is 6.08 Å². The largest absolute Gasteiger partial charge is 0.463 e. The highest BCUT2D eigenvalue weighted by Gasteiger charge is 1.89. The fraction of sp³-hybridized carbons (Fsp3) is 0.222. The molecule has 0 saturated carbocycles. The molecule has 0 aromatic heterocycles. The van der Waals surface area contributed by atoms with Crippen LogP contribution in [0.1, 0.15) is 6.92 Å². The number of esters is 1. The standard InChI is InChI=1S/C9H10O2/c1-3-5-6-7-8-9(10)11-4-2/h1,5-8H,4H2,2H3. The van der Waals surface area contributed by atoms with Gasteiger partial charge in [0.25, 0.3) is 0 Å². The van der Waals surface area contributed by atoms with E-state index in [-0.39, 0.29) is 5.97 Å². The first-order valence-corrected chi connectivity index (χ1v) is 3.27. The van der Waals surface area contributed by atoms with Crippen molar-refractivity contribution in [3.05, 3.63) is 24.3 Å². The topological polar surface area (TPSA) is 26.3 Å². The van der Waals surface area contributed by atoms with Crippen molar-refractivity contribution in [1.82, 2.24) is 0 Å². The summed E-state index contributed by atoms with van der Waals surface area (Å²) in [7, 11) is 0. The number of hydrogen-bond donors (Lipinski definition) is 0. The summed E-state index contributed by atoms with van der Waals surface area (Å²) >= 11 is 0. The van der Waals surface area contributed by atoms with E-state index in [4.69, 9.17) is 6.42 Å². The number of hydrogen-bond acceptors (Lipinski definition) is 2. The first-order valence-electron chi connectivity index (χ1n) is 3.27. The molecule has 0 aliphatic carbocycles. The summed E-state index contributed by atoms with van der Waals surface area (Å²) in [5, 5.41) is 0. The minimum absolute atomic E-state index is 0.353. The van der Waals surface area contributed by atoms with Crippen LogP contribution in [-0.4, -0.2) is 12.6 Å². The molecule has 0 aromatic carbocycles. The van der Waals surface area contributed by atoms with Gasteiger partial charge in [-0.15, -0.1) is 6.42 Å². The number of ether oxygens (including phenoxy) is 1. The first kappa shape index (κ1) is 9.51. The molecule has 0 unspecified atom stereocenters. The highest BCUT2D eigenvalue weighted by Crippen LogP contribution is 1.81. The first-order chi connectivity index (χ1) is 5.31. The van der Waals surface area contributed by atoms with E-state index in [9.17, 15) is 4.79 Å². The van der Waals surface area contributed by atoms with E-state index in [1.165, 1.54) is 18.2 Å². The zero-order valence-corrected chi connectivity index (χ0v) is 6.41. The van der Waals surface area contributed by atoms with Gasteiger partial charge in [-0.1, -0.05) is 18.1 Å². The molecule has 0 spiro atoms. The number of carbonyl (C=O) groups is 1. The molecule has 0 bridgehead atoms. The summed E-state index contributed by atoms with van der Waals surface area (Å²) in [5.41, 5.74) is 0. The van der Waals surface area contributed by atoms with E-state index in [1.807, 2.05) is 0 Å². The van der Waals surface area contributed by atoms with Crippen LogP contribution in [0.15, 0.2) is 24.3 Å². The average Bonchev–Trinajstić information content (AvgIpc) is 1.99. The number of rotatable bonds is 3. The maximum absolute atomic E-state index is 10.6. The molecule has 11 heavy (non-hydrogen) atoms. The van der Waals surface area contributed by atoms with Crippen molar-refractivity contribution in [2.24, 2.45) is 0 Å². The second kappa shape index (κ2) is 6.63. The molecule has 0 amide bonds. The van der Waals surface area contributed by atoms with Crippen molar-refractivity contribution in [3.8, 4) is 12.3 Å². The fourth-order valence-electron chi connectivity index (χ4n) is 0.436. The second-order valence-electron chi connectivity index (χ2n) is 1.64. The minimum atomic E-state index is -0.353. The van der Waals surface area contributed by atoms with E-state index in [1.54, 1.807) is 13.0 Å². The minimum Gasteiger partial charge on any atom is -0.463 e. The quantitative estimate of drug-likeness (QED) is 0.262. The van der Waals surface area contributed by atoms with Crippen LogP contribution in [0.3, 0.4) is 0 Å². The third-order valence-corrected chi connectivity index (χ3v) is 0.822. The summed E-state index contributed by atoms with van der Waals surface area (Å²) in [6, 6.07) is 0. The van der Waals surface area contributed by atoms with Gasteiger partial charge in [-0.05, 0) is 13.0 Å². The van der Waals surface area contributed by atoms with Crippen LogP contribution in [0.5, 0.6) is 0 Å². The lowest BCUT2D eigenvalue weighted by atomic mass is 10.4. The highest BCUT2D eigenvalue weighted by molar-refractivity contribution is 5.82. The van der Waals surface area contributed by atoms with Gasteiger partial charge in [0.2, 0.25) is 0 Å². The van der Waals surface area contributed by atoms with Crippen molar-refractivity contribution in [2.45, 2.75) is 6.92 Å². The van der Waals surface area contributed by atoms with Gasteiger partial charge >= 0.3 is 5.97 Å². The van der Waals surface area contributed by atoms with Crippen molar-refractivity contribution < 1.29 is 9.53 Å². The molecule has 0 atom stereocenters. The summed E-state index contributed by atoms with van der Waals surface area (Å²) in [6.45, 7) is 2.14. The van der Waals surface area contributed by atoms with Crippen LogP contribution in [0.4, 0.5) is 0 Å². The Kier molecular flexibility index (Phi) is 5.73. The number of carbonyl (C=O) groups excluding carboxylic acids is 1. The lowest BCUT2D eigenvalue weighted by molar-refractivity contribution is -0.137. The highest BCUT2D eigenvalue weighted by atomic mass is 16.5. The summed E-state index contributed by atoms with van der Waals surface area (Å²) in [4.78, 5) is 10.6. The second-order valence-corrected chi connectivity index (χ2v) is 1.64. The third-order valence-electron chi connectivity index (χ3n) is 0.822. The van der Waals surface area contributed by atoms with Gasteiger partial charge < -0.3 is 4.74 Å². The lowest BCUT2D eigenvalue weighted by Crippen LogP contribution is -1.98. The van der Waals surface area contributed by atoms with Crippen LogP contribution in [0, 0.1) is 12.3 Å². The number of allylic oxidation sites excluding steroid dienone is 3. The summed E-state index contributed by atoms with van der Waals surface area (Å²) in [6.07, 6.45) is 10.9. The van der Waals surface area contributed by atoms with Gasteiger partial charge in [-0.25, -0.2) is 4.79 Å². The van der Waals surface area contributed by atoms with Crippen molar-refractivity contribution >= 4 is 5.97 Å². The van der Waals surface area contributed by atoms with Crippen molar-refractivity contribution in [1.29, 1.82) is 0 Å². The molecule has 2 heteroatoms. The van der Waals surface area contributed by atoms with Crippen LogP contribution in [0.25, 0.3) is 0 Å². The molecular formula is C9H10O2. The van der Waals surface area contributed by atoms with Gasteiger partial charge in [-0.2, -0.15) is 0 Å². The predicted molar refractivity (Wildman–Crippen MR) is 43.7 cm³/mol. The Morgan fingerprint density at radius 3 is 2.91 bits per heavy atom. The van der Waals surface area contributed by atoms with Crippen molar-refractivity contribution in [2.75, 3.05) is 6.61 Å². The molecule has 0 saturated heterocycles. The molecular weight excluding hydrogens is 140 g/mol. The fourth-order valence-corrected chi connectivity index (χ4v) is 0.436. The molecule has 0 aliphatic rings. The molecule has 58 valence electrons. The SMILES string of the molecule is C#CC=CC=CC(=O)OCC. The normalized spacial score (nSPS) is 10.2. The van der Waals surface area contributed by atoms with Crippen molar-refractivity contribution in [3.63, 3.8) is 0 Å². The van der Waals surface area contributed by atoms with Crippen LogP contribution in [0.2, 0.25) is 0 Å². The molecule has 0 N–H and O–H groups in total. The van der Waals surface area contributed by atoms with E-state index in [0.29, 0.717) is 6.61 Å². The van der Waals surface area contributed by atoms with Gasteiger partial charge in [-0.3, -0.25) is 0 Å². The van der Waals surface area contributed by atoms with E-state index < -0.39 is 0 Å². The lowest BCUT2D eigenvalue weighted by Gasteiger charge is -1.92. The molecule has 0 fully saturated rings. The van der Waals surface area contributed by atoms with Crippen LogP contribution in [-0.2, 0) is 9.53 Å². The predicted octanol–water partition coefficient (Wildman–Crippen LogP) is 1.30. The van der Waals surface area contributed by atoms with Gasteiger partial charge in [0.05, 0.1) is 6.61 Å². The monoisotopic (exact) mass is 150 g/mol. The molecule has 2 nitrogen and oxygen atoms in total. The Hall–Kier alpha value is -1.49. The molecule has 0 heterocycles. The summed E-state index contributed by atoms with van der Waals surface area (Å²) < 4.78 is 4.61. The number of terminal acetylenes is 1. The molecule has 0 rings (SSSR count). The maximum Gasteiger partial charge on any atom is 0.330 e. The Bertz CT molecular complexity index is 206. The zero-order valence-electron chi connectivity index (χ0n) is 6.41. The van der Waals surface area contributed by atoms with E-state index in [2.05, 4.69) is 10.7 Å². The third kappa shape index (κ3) is 6.39. The van der Waals surface area contributed by atoms with Gasteiger partial charge in [0.15, 0.2) is 0 Å². The van der Waals surface area contributed by atoms with E-state index in [0.717, 1.165) is 0 Å². The zero-order chi connectivity index (χ0) is 8.53. The Morgan fingerprint density at radius 1 is 1.64 bits per heavy atom. The van der Waals surface area contributed by atoms with Gasteiger partial charge in [0.1, 0.15) is 0 Å². The molecule has 0 aromatic rings. The average molecular weight is 150 g/mol. The smallest absolute Gasteiger partial charge is 0.330 e. The molecule has 0 radical (unpaired) electrons. The van der Waals surface area contributed by atoms with Crippen LogP contribution < -0.4 is 0 Å². The Balaban J connectivity index is 3.67. The summed E-state index contributed by atoms with van der Waals surface area (Å²) in [5.74, 6) is 1.94. The van der Waals surface area contributed by atoms with E-state index >= 15 is 0 Å². The Labute approximate surface area is 66.6 Å². The molecule has 0 aliphatic heterocycles. The Morgan fingerprint density at radius 2 is 2.36 bits per heavy atom.